The van der Waals surface area contributed by atoms with Gasteiger partial charge in [-0.2, -0.15) is 0 Å². The lowest BCUT2D eigenvalue weighted by molar-refractivity contribution is 1.14. The Kier molecular flexibility index (Phi) is 1.97. The van der Waals surface area contributed by atoms with Crippen LogP contribution < -0.4 is 0 Å². The third-order valence-corrected chi connectivity index (χ3v) is 1.79. The monoisotopic (exact) mass is 178 g/mol. The summed E-state index contributed by atoms with van der Waals surface area (Å²) in [6.07, 6.45) is 4.07. The molecule has 12 heavy (non-hydrogen) atoms. The van der Waals surface area contributed by atoms with Gasteiger partial charge in [0.1, 0.15) is 5.69 Å². The average Bonchev–Trinajstić information content (AvgIpc) is 2.84. The molecule has 0 saturated heterocycles. The first-order valence-corrected chi connectivity index (χ1v) is 4.22. The minimum Gasteiger partial charge on any atom is -0.226 e. The fourth-order valence-corrected chi connectivity index (χ4v) is 0.956. The van der Waals surface area contributed by atoms with E-state index in [9.17, 15) is 0 Å². The maximum absolute atomic E-state index is 5.59. The molecule has 0 atom stereocenters. The van der Waals surface area contributed by atoms with Crippen LogP contribution in [0.25, 0.3) is 0 Å². The molecular formula is C9H7ClN2. The van der Waals surface area contributed by atoms with Crippen molar-refractivity contribution in [3.8, 4) is 11.8 Å². The topological polar surface area (TPSA) is 25.8 Å². The van der Waals surface area contributed by atoms with Crippen molar-refractivity contribution in [2.24, 2.45) is 5.92 Å². The van der Waals surface area contributed by atoms with E-state index in [1.54, 1.807) is 12.3 Å². The van der Waals surface area contributed by atoms with Crippen LogP contribution in [0.15, 0.2) is 12.3 Å². The molecular weight excluding hydrogens is 172 g/mol. The normalized spacial score (nSPS) is 15.1. The van der Waals surface area contributed by atoms with Gasteiger partial charge >= 0.3 is 0 Å². The first-order valence-electron chi connectivity index (χ1n) is 3.85. The van der Waals surface area contributed by atoms with Gasteiger partial charge in [-0.25, -0.2) is 9.97 Å². The maximum atomic E-state index is 5.59. The van der Waals surface area contributed by atoms with E-state index in [0.29, 0.717) is 11.6 Å². The molecule has 60 valence electrons. The number of hydrogen-bond acceptors (Lipinski definition) is 2. The summed E-state index contributed by atoms with van der Waals surface area (Å²) in [7, 11) is 0. The summed E-state index contributed by atoms with van der Waals surface area (Å²) in [5.41, 5.74) is 0.710. The molecule has 1 aromatic rings. The Morgan fingerprint density at radius 1 is 1.50 bits per heavy atom. The third-order valence-electron chi connectivity index (χ3n) is 1.61. The molecule has 0 amide bonds. The molecule has 0 N–H and O–H groups in total. The van der Waals surface area contributed by atoms with Crippen molar-refractivity contribution < 1.29 is 0 Å². The molecule has 2 rings (SSSR count). The van der Waals surface area contributed by atoms with Gasteiger partial charge < -0.3 is 0 Å². The van der Waals surface area contributed by atoms with Crippen LogP contribution in [-0.2, 0) is 0 Å². The van der Waals surface area contributed by atoms with Crippen LogP contribution in [0.4, 0.5) is 0 Å². The van der Waals surface area contributed by atoms with Gasteiger partial charge in [-0.15, -0.1) is 0 Å². The third kappa shape index (κ3) is 1.96. The van der Waals surface area contributed by atoms with Crippen molar-refractivity contribution in [1.29, 1.82) is 0 Å². The van der Waals surface area contributed by atoms with Crippen molar-refractivity contribution >= 4 is 11.6 Å². The number of aromatic nitrogens is 2. The van der Waals surface area contributed by atoms with E-state index in [1.165, 1.54) is 12.8 Å². The van der Waals surface area contributed by atoms with Crippen LogP contribution in [0.3, 0.4) is 0 Å². The molecule has 3 heteroatoms. The fourth-order valence-electron chi connectivity index (χ4n) is 0.808. The summed E-state index contributed by atoms with van der Waals surface area (Å²) in [6.45, 7) is 0. The number of hydrogen-bond donors (Lipinski definition) is 0. The highest BCUT2D eigenvalue weighted by atomic mass is 35.5. The van der Waals surface area contributed by atoms with Crippen molar-refractivity contribution in [2.45, 2.75) is 12.8 Å². The van der Waals surface area contributed by atoms with Gasteiger partial charge in [0, 0.05) is 12.1 Å². The molecule has 0 bridgehead atoms. The Balaban J connectivity index is 2.18. The second kappa shape index (κ2) is 3.12. The van der Waals surface area contributed by atoms with Crippen molar-refractivity contribution in [3.63, 3.8) is 0 Å². The van der Waals surface area contributed by atoms with Crippen molar-refractivity contribution in [3.05, 3.63) is 23.2 Å². The Morgan fingerprint density at radius 2 is 2.33 bits per heavy atom. The van der Waals surface area contributed by atoms with E-state index < -0.39 is 0 Å². The van der Waals surface area contributed by atoms with Crippen LogP contribution in [0.1, 0.15) is 18.5 Å². The van der Waals surface area contributed by atoms with E-state index in [1.807, 2.05) is 0 Å². The molecule has 0 spiro atoms. The minimum absolute atomic E-state index is 0.262. The summed E-state index contributed by atoms with van der Waals surface area (Å²) in [5, 5.41) is 0.262. The molecule has 1 heterocycles. The van der Waals surface area contributed by atoms with Crippen LogP contribution >= 0.6 is 11.6 Å². The highest BCUT2D eigenvalue weighted by Gasteiger charge is 2.17. The highest BCUT2D eigenvalue weighted by molar-refractivity contribution is 6.28. The lowest BCUT2D eigenvalue weighted by Gasteiger charge is -1.88. The summed E-state index contributed by atoms with van der Waals surface area (Å²) in [6, 6.07) is 1.77. The fraction of sp³-hybridized carbons (Fsp3) is 0.333. The summed E-state index contributed by atoms with van der Waals surface area (Å²) in [5.74, 6) is 6.66. The Hall–Kier alpha value is -1.07. The van der Waals surface area contributed by atoms with Gasteiger partial charge in [0.05, 0.1) is 0 Å². The zero-order chi connectivity index (χ0) is 8.39. The van der Waals surface area contributed by atoms with Gasteiger partial charge in [0.25, 0.3) is 0 Å². The molecule has 0 unspecified atom stereocenters. The molecule has 1 aromatic heterocycles. The molecule has 0 radical (unpaired) electrons. The van der Waals surface area contributed by atoms with E-state index in [0.717, 1.165) is 0 Å². The first-order chi connectivity index (χ1) is 5.84. The Morgan fingerprint density at radius 3 is 3.00 bits per heavy atom. The van der Waals surface area contributed by atoms with Crippen LogP contribution in [0.2, 0.25) is 5.28 Å². The van der Waals surface area contributed by atoms with E-state index in [2.05, 4.69) is 21.8 Å². The Labute approximate surface area is 76.0 Å². The van der Waals surface area contributed by atoms with Crippen LogP contribution in [0.5, 0.6) is 0 Å². The van der Waals surface area contributed by atoms with Gasteiger partial charge in [-0.3, -0.25) is 0 Å². The van der Waals surface area contributed by atoms with Crippen molar-refractivity contribution in [2.75, 3.05) is 0 Å². The molecule has 1 aliphatic carbocycles. The second-order valence-corrected chi connectivity index (χ2v) is 3.09. The maximum Gasteiger partial charge on any atom is 0.223 e. The Bertz CT molecular complexity index is 347. The van der Waals surface area contributed by atoms with Gasteiger partial charge in [-0.05, 0) is 36.4 Å². The molecule has 1 fully saturated rings. The zero-order valence-electron chi connectivity index (χ0n) is 6.42. The number of rotatable bonds is 0. The van der Waals surface area contributed by atoms with Crippen LogP contribution in [0, 0.1) is 17.8 Å². The first kappa shape index (κ1) is 7.57. The lowest BCUT2D eigenvalue weighted by Crippen LogP contribution is -1.85. The van der Waals surface area contributed by atoms with E-state index in [-0.39, 0.29) is 5.28 Å². The standard InChI is InChI=1S/C9H7ClN2/c10-9-11-6-5-8(12-9)4-3-7-1-2-7/h5-7H,1-2H2. The molecule has 2 nitrogen and oxygen atoms in total. The van der Waals surface area contributed by atoms with Gasteiger partial charge in [-0.1, -0.05) is 5.92 Å². The second-order valence-electron chi connectivity index (χ2n) is 2.75. The summed E-state index contributed by atoms with van der Waals surface area (Å²) < 4.78 is 0. The number of nitrogens with zero attached hydrogens (tertiary/aromatic N) is 2. The summed E-state index contributed by atoms with van der Waals surface area (Å²) >= 11 is 5.59. The van der Waals surface area contributed by atoms with Crippen molar-refractivity contribution in [1.82, 2.24) is 9.97 Å². The molecule has 0 aromatic carbocycles. The van der Waals surface area contributed by atoms with E-state index >= 15 is 0 Å². The largest absolute Gasteiger partial charge is 0.226 e. The smallest absolute Gasteiger partial charge is 0.223 e. The van der Waals surface area contributed by atoms with E-state index in [4.69, 9.17) is 11.6 Å². The SMILES string of the molecule is Clc1nccc(C#CC2CC2)n1. The quantitative estimate of drug-likeness (QED) is 0.448. The van der Waals surface area contributed by atoms with Crippen LogP contribution in [-0.4, -0.2) is 9.97 Å². The summed E-state index contributed by atoms with van der Waals surface area (Å²) in [4.78, 5) is 7.72. The lowest BCUT2D eigenvalue weighted by atomic mass is 10.3. The highest BCUT2D eigenvalue weighted by Crippen LogP contribution is 2.27. The molecule has 1 aliphatic rings. The van der Waals surface area contributed by atoms with Gasteiger partial charge in [0.15, 0.2) is 0 Å². The zero-order valence-corrected chi connectivity index (χ0v) is 7.17. The average molecular weight is 179 g/mol. The molecule has 0 aliphatic heterocycles. The number of halogens is 1. The predicted molar refractivity (Wildman–Crippen MR) is 46.6 cm³/mol. The predicted octanol–water partition coefficient (Wildman–Crippen LogP) is 1.89. The minimum atomic E-state index is 0.262. The van der Waals surface area contributed by atoms with Gasteiger partial charge in [0.2, 0.25) is 5.28 Å². The molecule has 1 saturated carbocycles.